The second-order valence-corrected chi connectivity index (χ2v) is 3.23. The lowest BCUT2D eigenvalue weighted by Gasteiger charge is -2.20. The van der Waals surface area contributed by atoms with Gasteiger partial charge in [0.2, 0.25) is 5.91 Å². The van der Waals surface area contributed by atoms with Gasteiger partial charge in [-0.1, -0.05) is 0 Å². The molecule has 1 atom stereocenters. The van der Waals surface area contributed by atoms with Gasteiger partial charge >= 0.3 is 0 Å². The number of hydrogen-bond donors (Lipinski definition) is 1. The third-order valence-electron chi connectivity index (χ3n) is 1.83. The van der Waals surface area contributed by atoms with Crippen molar-refractivity contribution in [2.75, 3.05) is 41.0 Å². The van der Waals surface area contributed by atoms with E-state index in [2.05, 4.69) is 0 Å². The minimum absolute atomic E-state index is 0.0402. The van der Waals surface area contributed by atoms with Gasteiger partial charge in [-0.05, 0) is 0 Å². The van der Waals surface area contributed by atoms with Crippen LogP contribution in [0.4, 0.5) is 0 Å². The molecule has 0 radical (unpaired) electrons. The van der Waals surface area contributed by atoms with Crippen molar-refractivity contribution < 1.29 is 14.3 Å². The predicted octanol–water partition coefficient (Wildman–Crippen LogP) is -0.545. The lowest BCUT2D eigenvalue weighted by atomic mass is 10.3. The summed E-state index contributed by atoms with van der Waals surface area (Å²) in [6, 6.07) is -0.128. The van der Waals surface area contributed by atoms with E-state index in [1.165, 1.54) is 0 Å². The minimum atomic E-state index is -0.128. The van der Waals surface area contributed by atoms with Crippen LogP contribution in [0.1, 0.15) is 6.42 Å². The number of hydrogen-bond acceptors (Lipinski definition) is 4. The highest BCUT2D eigenvalue weighted by molar-refractivity contribution is 5.75. The van der Waals surface area contributed by atoms with E-state index in [1.807, 2.05) is 0 Å². The predicted molar refractivity (Wildman–Crippen MR) is 54.0 cm³/mol. The smallest absolute Gasteiger partial charge is 0.224 e. The molecule has 1 amide bonds. The lowest BCUT2D eigenvalue weighted by molar-refractivity contribution is -0.131. The monoisotopic (exact) mass is 204 g/mol. The Labute approximate surface area is 85.1 Å². The largest absolute Gasteiger partial charge is 0.384 e. The van der Waals surface area contributed by atoms with Crippen LogP contribution < -0.4 is 5.73 Å². The van der Waals surface area contributed by atoms with Crippen molar-refractivity contribution in [3.8, 4) is 0 Å². The number of nitrogens with two attached hydrogens (primary N) is 1. The Morgan fingerprint density at radius 1 is 1.43 bits per heavy atom. The van der Waals surface area contributed by atoms with Crippen LogP contribution in [0.25, 0.3) is 0 Å². The third kappa shape index (κ3) is 5.90. The van der Waals surface area contributed by atoms with E-state index in [-0.39, 0.29) is 11.9 Å². The highest BCUT2D eigenvalue weighted by Crippen LogP contribution is 1.93. The number of nitrogens with zero attached hydrogens (tertiary/aromatic N) is 1. The molecule has 2 N–H and O–H groups in total. The highest BCUT2D eigenvalue weighted by Gasteiger charge is 2.11. The summed E-state index contributed by atoms with van der Waals surface area (Å²) < 4.78 is 9.69. The van der Waals surface area contributed by atoms with Crippen molar-refractivity contribution in [2.24, 2.45) is 5.73 Å². The SMILES string of the molecule is COCCC(=O)N(C)CC(N)COC. The molecule has 0 bridgehead atoms. The second-order valence-electron chi connectivity index (χ2n) is 3.23. The van der Waals surface area contributed by atoms with Crippen LogP contribution >= 0.6 is 0 Å². The summed E-state index contributed by atoms with van der Waals surface area (Å²) in [6.07, 6.45) is 0.396. The standard InChI is InChI=1S/C9H20N2O3/c1-11(6-8(10)7-14-3)9(12)4-5-13-2/h8H,4-7,10H2,1-3H3. The Hall–Kier alpha value is -0.650. The Morgan fingerprint density at radius 2 is 2.07 bits per heavy atom. The van der Waals surface area contributed by atoms with Gasteiger partial charge in [0.25, 0.3) is 0 Å². The summed E-state index contributed by atoms with van der Waals surface area (Å²) in [5, 5.41) is 0. The number of rotatable bonds is 7. The number of methoxy groups -OCH3 is 2. The molecule has 0 saturated heterocycles. The van der Waals surface area contributed by atoms with E-state index in [4.69, 9.17) is 15.2 Å². The van der Waals surface area contributed by atoms with Gasteiger partial charge in [0.1, 0.15) is 0 Å². The van der Waals surface area contributed by atoms with Gasteiger partial charge in [0, 0.05) is 33.9 Å². The average Bonchev–Trinajstić information content (AvgIpc) is 2.14. The Bertz CT molecular complexity index is 164. The van der Waals surface area contributed by atoms with Gasteiger partial charge in [-0.25, -0.2) is 0 Å². The quantitative estimate of drug-likeness (QED) is 0.604. The molecule has 0 fully saturated rings. The molecule has 1 unspecified atom stereocenters. The molecule has 0 aliphatic heterocycles. The second kappa shape index (κ2) is 7.73. The number of likely N-dealkylation sites (N-methyl/N-ethyl adjacent to an activating group) is 1. The van der Waals surface area contributed by atoms with E-state index in [9.17, 15) is 4.79 Å². The zero-order chi connectivity index (χ0) is 11.0. The van der Waals surface area contributed by atoms with E-state index in [0.717, 1.165) is 0 Å². The first-order valence-electron chi connectivity index (χ1n) is 4.59. The van der Waals surface area contributed by atoms with Crippen molar-refractivity contribution in [2.45, 2.75) is 12.5 Å². The molecule has 0 aromatic heterocycles. The van der Waals surface area contributed by atoms with Crippen LogP contribution in [0.5, 0.6) is 0 Å². The average molecular weight is 204 g/mol. The van der Waals surface area contributed by atoms with Crippen molar-refractivity contribution in [3.63, 3.8) is 0 Å². The van der Waals surface area contributed by atoms with Crippen molar-refractivity contribution in [3.05, 3.63) is 0 Å². The summed E-state index contributed by atoms with van der Waals surface area (Å²) in [6.45, 7) is 1.42. The molecule has 84 valence electrons. The van der Waals surface area contributed by atoms with Crippen LogP contribution in [-0.4, -0.2) is 57.9 Å². The summed E-state index contributed by atoms with van der Waals surface area (Å²) in [5.74, 6) is 0.0402. The van der Waals surface area contributed by atoms with Crippen LogP contribution in [0.2, 0.25) is 0 Å². The zero-order valence-corrected chi connectivity index (χ0v) is 9.16. The molecule has 0 aromatic carbocycles. The Kier molecular flexibility index (Phi) is 7.37. The fraction of sp³-hybridized carbons (Fsp3) is 0.889. The minimum Gasteiger partial charge on any atom is -0.384 e. The van der Waals surface area contributed by atoms with Gasteiger partial charge in [0.05, 0.1) is 19.6 Å². The molecule has 0 aliphatic rings. The summed E-state index contributed by atoms with van der Waals surface area (Å²) in [7, 11) is 4.89. The van der Waals surface area contributed by atoms with Crippen LogP contribution in [0.15, 0.2) is 0 Å². The number of ether oxygens (including phenoxy) is 2. The molecular formula is C9H20N2O3. The molecule has 0 aliphatic carbocycles. The maximum absolute atomic E-state index is 11.4. The number of carbonyl (C=O) groups excluding carboxylic acids is 1. The third-order valence-corrected chi connectivity index (χ3v) is 1.83. The Morgan fingerprint density at radius 3 is 2.57 bits per heavy atom. The molecule has 5 nitrogen and oxygen atoms in total. The molecule has 0 spiro atoms. The fourth-order valence-corrected chi connectivity index (χ4v) is 1.10. The van der Waals surface area contributed by atoms with Crippen molar-refractivity contribution in [1.82, 2.24) is 4.90 Å². The normalized spacial score (nSPS) is 12.6. The zero-order valence-electron chi connectivity index (χ0n) is 9.16. The summed E-state index contributed by atoms with van der Waals surface area (Å²) in [5.41, 5.74) is 5.70. The highest BCUT2D eigenvalue weighted by atomic mass is 16.5. The van der Waals surface area contributed by atoms with E-state index < -0.39 is 0 Å². The molecule has 14 heavy (non-hydrogen) atoms. The molecule has 5 heteroatoms. The Balaban J connectivity index is 3.70. The van der Waals surface area contributed by atoms with Gasteiger partial charge < -0.3 is 20.1 Å². The fourth-order valence-electron chi connectivity index (χ4n) is 1.10. The van der Waals surface area contributed by atoms with Crippen LogP contribution in [-0.2, 0) is 14.3 Å². The summed E-state index contributed by atoms with van der Waals surface area (Å²) >= 11 is 0. The topological polar surface area (TPSA) is 64.8 Å². The van der Waals surface area contributed by atoms with E-state index >= 15 is 0 Å². The molecule has 0 saturated carbocycles. The molecular weight excluding hydrogens is 184 g/mol. The van der Waals surface area contributed by atoms with E-state index in [0.29, 0.717) is 26.2 Å². The number of carbonyl (C=O) groups is 1. The van der Waals surface area contributed by atoms with Crippen molar-refractivity contribution in [1.29, 1.82) is 0 Å². The van der Waals surface area contributed by atoms with Gasteiger partial charge in [-0.3, -0.25) is 4.79 Å². The lowest BCUT2D eigenvalue weighted by Crippen LogP contribution is -2.41. The first-order valence-corrected chi connectivity index (χ1v) is 4.59. The maximum atomic E-state index is 11.4. The van der Waals surface area contributed by atoms with Gasteiger partial charge in [0.15, 0.2) is 0 Å². The molecule has 0 aromatic rings. The maximum Gasteiger partial charge on any atom is 0.224 e. The van der Waals surface area contributed by atoms with Gasteiger partial charge in [-0.15, -0.1) is 0 Å². The first kappa shape index (κ1) is 13.4. The van der Waals surface area contributed by atoms with Crippen LogP contribution in [0, 0.1) is 0 Å². The van der Waals surface area contributed by atoms with Crippen LogP contribution in [0.3, 0.4) is 0 Å². The molecule has 0 heterocycles. The first-order chi connectivity index (χ1) is 6.61. The summed E-state index contributed by atoms with van der Waals surface area (Å²) in [4.78, 5) is 13.0. The van der Waals surface area contributed by atoms with Crippen molar-refractivity contribution >= 4 is 5.91 Å². The van der Waals surface area contributed by atoms with E-state index in [1.54, 1.807) is 26.2 Å². The molecule has 0 rings (SSSR count). The van der Waals surface area contributed by atoms with Gasteiger partial charge in [-0.2, -0.15) is 0 Å². The number of amides is 1.